The molecular formula is C20H23FN2O2. The standard InChI is InChI=1S/C20H23FN2O2/c1-4-13-25-19-11-5-16(6-12-19)14-23(3)15(2)20(24)22-18-9-7-17(21)8-10-18/h4-12,15H,1,13-14H2,2-3H3,(H,22,24)/t15-/m0/s1. The molecule has 2 aromatic carbocycles. The Morgan fingerprint density at radius 1 is 1.24 bits per heavy atom. The molecule has 0 fully saturated rings. The van der Waals surface area contributed by atoms with E-state index in [1.54, 1.807) is 18.2 Å². The molecule has 132 valence electrons. The van der Waals surface area contributed by atoms with Gasteiger partial charge in [-0.1, -0.05) is 24.8 Å². The Bertz CT molecular complexity index is 699. The molecule has 0 unspecified atom stereocenters. The lowest BCUT2D eigenvalue weighted by Crippen LogP contribution is -2.39. The van der Waals surface area contributed by atoms with Crippen LogP contribution >= 0.6 is 0 Å². The fourth-order valence-electron chi connectivity index (χ4n) is 2.25. The van der Waals surface area contributed by atoms with Crippen molar-refractivity contribution >= 4 is 11.6 Å². The molecule has 25 heavy (non-hydrogen) atoms. The van der Waals surface area contributed by atoms with Gasteiger partial charge in [0.25, 0.3) is 0 Å². The number of nitrogens with one attached hydrogen (secondary N) is 1. The number of amides is 1. The minimum Gasteiger partial charge on any atom is -0.490 e. The third kappa shape index (κ3) is 5.72. The largest absolute Gasteiger partial charge is 0.490 e. The van der Waals surface area contributed by atoms with Crippen LogP contribution in [-0.4, -0.2) is 30.5 Å². The van der Waals surface area contributed by atoms with E-state index in [-0.39, 0.29) is 17.8 Å². The lowest BCUT2D eigenvalue weighted by Gasteiger charge is -2.24. The van der Waals surface area contributed by atoms with Gasteiger partial charge >= 0.3 is 0 Å². The molecule has 0 aliphatic rings. The molecule has 0 aromatic heterocycles. The van der Waals surface area contributed by atoms with Gasteiger partial charge in [0.15, 0.2) is 0 Å². The number of hydrogen-bond acceptors (Lipinski definition) is 3. The smallest absolute Gasteiger partial charge is 0.241 e. The number of carbonyl (C=O) groups excluding carboxylic acids is 1. The lowest BCUT2D eigenvalue weighted by molar-refractivity contribution is -0.120. The molecular weight excluding hydrogens is 319 g/mol. The second kappa shape index (κ2) is 8.99. The van der Waals surface area contributed by atoms with Gasteiger partial charge in [-0.25, -0.2) is 4.39 Å². The zero-order valence-corrected chi connectivity index (χ0v) is 14.5. The second-order valence-corrected chi connectivity index (χ2v) is 5.83. The minimum absolute atomic E-state index is 0.139. The van der Waals surface area contributed by atoms with Crippen LogP contribution in [-0.2, 0) is 11.3 Å². The van der Waals surface area contributed by atoms with Gasteiger partial charge < -0.3 is 10.1 Å². The highest BCUT2D eigenvalue weighted by Gasteiger charge is 2.18. The summed E-state index contributed by atoms with van der Waals surface area (Å²) < 4.78 is 18.4. The van der Waals surface area contributed by atoms with Crippen LogP contribution < -0.4 is 10.1 Å². The number of rotatable bonds is 8. The molecule has 0 aliphatic carbocycles. The molecule has 4 nitrogen and oxygen atoms in total. The zero-order chi connectivity index (χ0) is 18.2. The summed E-state index contributed by atoms with van der Waals surface area (Å²) in [4.78, 5) is 14.3. The molecule has 0 radical (unpaired) electrons. The normalized spacial score (nSPS) is 11.8. The number of halogens is 1. The molecule has 2 aromatic rings. The molecule has 0 saturated heterocycles. The monoisotopic (exact) mass is 342 g/mol. The number of nitrogens with zero attached hydrogens (tertiary/aromatic N) is 1. The van der Waals surface area contributed by atoms with Crippen LogP contribution in [0.3, 0.4) is 0 Å². The van der Waals surface area contributed by atoms with Crippen molar-refractivity contribution in [3.63, 3.8) is 0 Å². The lowest BCUT2D eigenvalue weighted by atomic mass is 10.1. The molecule has 0 aliphatic heterocycles. The fourth-order valence-corrected chi connectivity index (χ4v) is 2.25. The van der Waals surface area contributed by atoms with Crippen LogP contribution in [0, 0.1) is 5.82 Å². The average molecular weight is 342 g/mol. The fraction of sp³-hybridized carbons (Fsp3) is 0.250. The SMILES string of the molecule is C=CCOc1ccc(CN(C)[C@@H](C)C(=O)Nc2ccc(F)cc2)cc1. The van der Waals surface area contributed by atoms with Crippen LogP contribution in [0.15, 0.2) is 61.2 Å². The van der Waals surface area contributed by atoms with E-state index in [1.807, 2.05) is 43.1 Å². The van der Waals surface area contributed by atoms with E-state index < -0.39 is 0 Å². The summed E-state index contributed by atoms with van der Waals surface area (Å²) in [7, 11) is 1.89. The molecule has 2 rings (SSSR count). The third-order valence-corrected chi connectivity index (χ3v) is 3.88. The van der Waals surface area contributed by atoms with Gasteiger partial charge in [0, 0.05) is 12.2 Å². The van der Waals surface area contributed by atoms with Crippen molar-refractivity contribution in [1.29, 1.82) is 0 Å². The van der Waals surface area contributed by atoms with E-state index in [1.165, 1.54) is 12.1 Å². The van der Waals surface area contributed by atoms with Crippen molar-refractivity contribution in [3.05, 3.63) is 72.6 Å². The first kappa shape index (κ1) is 18.7. The van der Waals surface area contributed by atoms with E-state index in [4.69, 9.17) is 4.74 Å². The number of hydrogen-bond donors (Lipinski definition) is 1. The van der Waals surface area contributed by atoms with Crippen molar-refractivity contribution in [2.45, 2.75) is 19.5 Å². The number of ether oxygens (including phenoxy) is 1. The average Bonchev–Trinajstić information content (AvgIpc) is 2.62. The highest BCUT2D eigenvalue weighted by atomic mass is 19.1. The van der Waals surface area contributed by atoms with Gasteiger partial charge in [-0.05, 0) is 55.9 Å². The predicted octanol–water partition coefficient (Wildman–Crippen LogP) is 3.85. The number of carbonyl (C=O) groups is 1. The maximum atomic E-state index is 12.9. The van der Waals surface area contributed by atoms with Crippen molar-refractivity contribution in [1.82, 2.24) is 4.90 Å². The van der Waals surface area contributed by atoms with Crippen molar-refractivity contribution in [3.8, 4) is 5.75 Å². The summed E-state index contributed by atoms with van der Waals surface area (Å²) in [5.41, 5.74) is 1.66. The first-order chi connectivity index (χ1) is 12.0. The quantitative estimate of drug-likeness (QED) is 0.741. The Hall–Kier alpha value is -2.66. The van der Waals surface area contributed by atoms with Crippen LogP contribution in [0.5, 0.6) is 5.75 Å². The maximum absolute atomic E-state index is 12.9. The number of likely N-dealkylation sites (N-methyl/N-ethyl adjacent to an activating group) is 1. The van der Waals surface area contributed by atoms with E-state index in [0.717, 1.165) is 11.3 Å². The van der Waals surface area contributed by atoms with Gasteiger partial charge in [0.2, 0.25) is 5.91 Å². The summed E-state index contributed by atoms with van der Waals surface area (Å²) >= 11 is 0. The molecule has 0 bridgehead atoms. The van der Waals surface area contributed by atoms with Crippen molar-refractivity contribution in [2.75, 3.05) is 19.0 Å². The highest BCUT2D eigenvalue weighted by molar-refractivity contribution is 5.94. The van der Waals surface area contributed by atoms with Crippen LogP contribution in [0.4, 0.5) is 10.1 Å². The molecule has 5 heteroatoms. The van der Waals surface area contributed by atoms with Crippen LogP contribution in [0.2, 0.25) is 0 Å². The topological polar surface area (TPSA) is 41.6 Å². The Kier molecular flexibility index (Phi) is 6.71. The summed E-state index contributed by atoms with van der Waals surface area (Å²) in [6, 6.07) is 13.1. The highest BCUT2D eigenvalue weighted by Crippen LogP contribution is 2.15. The minimum atomic E-state index is -0.332. The second-order valence-electron chi connectivity index (χ2n) is 5.83. The zero-order valence-electron chi connectivity index (χ0n) is 14.5. The predicted molar refractivity (Wildman–Crippen MR) is 98.1 cm³/mol. The van der Waals surface area contributed by atoms with Gasteiger partial charge in [0.1, 0.15) is 18.2 Å². The van der Waals surface area contributed by atoms with Gasteiger partial charge in [-0.2, -0.15) is 0 Å². The van der Waals surface area contributed by atoms with Gasteiger partial charge in [-0.15, -0.1) is 0 Å². The molecule has 1 amide bonds. The Morgan fingerprint density at radius 2 is 1.88 bits per heavy atom. The Morgan fingerprint density at radius 3 is 2.48 bits per heavy atom. The summed E-state index contributed by atoms with van der Waals surface area (Å²) in [6.45, 7) is 6.55. The van der Waals surface area contributed by atoms with E-state index >= 15 is 0 Å². The van der Waals surface area contributed by atoms with E-state index in [0.29, 0.717) is 18.8 Å². The molecule has 1 N–H and O–H groups in total. The van der Waals surface area contributed by atoms with Gasteiger partial charge in [0.05, 0.1) is 6.04 Å². The molecule has 0 saturated carbocycles. The van der Waals surface area contributed by atoms with Gasteiger partial charge in [-0.3, -0.25) is 9.69 Å². The van der Waals surface area contributed by atoms with E-state index in [9.17, 15) is 9.18 Å². The third-order valence-electron chi connectivity index (χ3n) is 3.88. The van der Waals surface area contributed by atoms with Crippen LogP contribution in [0.1, 0.15) is 12.5 Å². The first-order valence-electron chi connectivity index (χ1n) is 8.09. The number of benzene rings is 2. The first-order valence-corrected chi connectivity index (χ1v) is 8.09. The number of anilines is 1. The van der Waals surface area contributed by atoms with Crippen molar-refractivity contribution < 1.29 is 13.9 Å². The molecule has 0 heterocycles. The Balaban J connectivity index is 1.90. The Labute approximate surface area is 147 Å². The maximum Gasteiger partial charge on any atom is 0.241 e. The summed E-state index contributed by atoms with van der Waals surface area (Å²) in [6.07, 6.45) is 1.70. The summed E-state index contributed by atoms with van der Waals surface area (Å²) in [5.74, 6) is 0.317. The summed E-state index contributed by atoms with van der Waals surface area (Å²) in [5, 5.41) is 2.79. The van der Waals surface area contributed by atoms with Crippen molar-refractivity contribution in [2.24, 2.45) is 0 Å². The van der Waals surface area contributed by atoms with E-state index in [2.05, 4.69) is 11.9 Å². The van der Waals surface area contributed by atoms with Crippen LogP contribution in [0.25, 0.3) is 0 Å². The molecule has 1 atom stereocenters. The molecule has 0 spiro atoms.